The van der Waals surface area contributed by atoms with E-state index < -0.39 is 8.67 Å². The van der Waals surface area contributed by atoms with E-state index in [4.69, 9.17) is 46.4 Å². The van der Waals surface area contributed by atoms with E-state index in [9.17, 15) is 0 Å². The molecule has 0 saturated heterocycles. The van der Waals surface area contributed by atoms with Crippen LogP contribution in [-0.4, -0.2) is 9.97 Å². The molecule has 0 unspecified atom stereocenters. The molecule has 0 fully saturated rings. The number of alkyl halides is 4. The fourth-order valence-corrected chi connectivity index (χ4v) is 2.34. The van der Waals surface area contributed by atoms with Crippen LogP contribution in [0.5, 0.6) is 0 Å². The summed E-state index contributed by atoms with van der Waals surface area (Å²) in [6.45, 7) is 0. The molecule has 94 valence electrons. The topological polar surface area (TPSA) is 25.8 Å². The van der Waals surface area contributed by atoms with Crippen LogP contribution in [0, 0.1) is 0 Å². The van der Waals surface area contributed by atoms with Gasteiger partial charge in [-0.25, -0.2) is 0 Å². The maximum absolute atomic E-state index is 6.32. The van der Waals surface area contributed by atoms with E-state index in [0.717, 1.165) is 0 Å². The first-order valence-electron chi connectivity index (χ1n) is 5.03. The zero-order valence-electron chi connectivity index (χ0n) is 9.03. The summed E-state index contributed by atoms with van der Waals surface area (Å²) in [5, 5.41) is 0. The Bertz CT molecular complexity index is 465. The number of halogens is 4. The Balaban J connectivity index is 2.47. The summed E-state index contributed by atoms with van der Waals surface area (Å²) in [6, 6.07) is 6.84. The molecule has 0 N–H and O–H groups in total. The second-order valence-electron chi connectivity index (χ2n) is 3.63. The van der Waals surface area contributed by atoms with Crippen molar-refractivity contribution < 1.29 is 0 Å². The fraction of sp³-hybridized carbons (Fsp3) is 0.167. The Morgan fingerprint density at radius 2 is 1.11 bits per heavy atom. The van der Waals surface area contributed by atoms with Gasteiger partial charge in [0.25, 0.3) is 0 Å². The molecule has 2 nitrogen and oxygen atoms in total. The van der Waals surface area contributed by atoms with Crippen molar-refractivity contribution >= 4 is 46.4 Å². The van der Waals surface area contributed by atoms with Gasteiger partial charge >= 0.3 is 0 Å². The smallest absolute Gasteiger partial charge is 0.181 e. The van der Waals surface area contributed by atoms with Crippen LogP contribution in [0.25, 0.3) is 0 Å². The minimum atomic E-state index is -1.53. The van der Waals surface area contributed by atoms with E-state index in [0.29, 0.717) is 11.1 Å². The van der Waals surface area contributed by atoms with Gasteiger partial charge in [-0.05, 0) is 12.1 Å². The van der Waals surface area contributed by atoms with Crippen molar-refractivity contribution in [2.24, 2.45) is 0 Å². The maximum Gasteiger partial charge on any atom is 0.181 e. The Hall–Kier alpha value is -0.540. The normalized spacial score (nSPS) is 12.4. The lowest BCUT2D eigenvalue weighted by Gasteiger charge is -2.32. The van der Waals surface area contributed by atoms with Crippen LogP contribution >= 0.6 is 46.4 Å². The second kappa shape index (κ2) is 5.22. The van der Waals surface area contributed by atoms with Crippen molar-refractivity contribution in [1.29, 1.82) is 0 Å². The molecule has 0 saturated carbocycles. The summed E-state index contributed by atoms with van der Waals surface area (Å²) < 4.78 is -3.07. The van der Waals surface area contributed by atoms with Gasteiger partial charge in [-0.15, -0.1) is 0 Å². The highest BCUT2D eigenvalue weighted by molar-refractivity contribution is 6.61. The van der Waals surface area contributed by atoms with Gasteiger partial charge in [-0.1, -0.05) is 58.5 Å². The van der Waals surface area contributed by atoms with E-state index in [1.165, 1.54) is 12.4 Å². The highest BCUT2D eigenvalue weighted by Crippen LogP contribution is 2.55. The monoisotopic (exact) mass is 320 g/mol. The predicted octanol–water partition coefficient (Wildman–Crippen LogP) is 4.44. The van der Waals surface area contributed by atoms with Gasteiger partial charge in [0.05, 0.1) is 0 Å². The molecule has 0 aliphatic carbocycles. The van der Waals surface area contributed by atoms with Crippen molar-refractivity contribution in [2.45, 2.75) is 8.67 Å². The average molecular weight is 322 g/mol. The van der Waals surface area contributed by atoms with E-state index in [1.54, 1.807) is 36.7 Å². The first-order chi connectivity index (χ1) is 8.46. The van der Waals surface area contributed by atoms with Gasteiger partial charge in [-0.2, -0.15) is 0 Å². The summed E-state index contributed by atoms with van der Waals surface area (Å²) in [5.74, 6) is 0. The standard InChI is InChI=1S/C12H8Cl4N2/c13-11(14,9-3-1-5-17-7-9)12(15,16)10-4-2-6-18-8-10/h1-8H. The van der Waals surface area contributed by atoms with Crippen LogP contribution < -0.4 is 0 Å². The number of pyridine rings is 2. The van der Waals surface area contributed by atoms with Crippen LogP contribution in [0.4, 0.5) is 0 Å². The molecule has 0 aliphatic heterocycles. The lowest BCUT2D eigenvalue weighted by Crippen LogP contribution is -2.31. The average Bonchev–Trinajstić information content (AvgIpc) is 2.40. The van der Waals surface area contributed by atoms with Crippen LogP contribution in [0.15, 0.2) is 49.1 Å². The molecule has 0 aliphatic rings. The van der Waals surface area contributed by atoms with E-state index in [-0.39, 0.29) is 0 Å². The zero-order valence-corrected chi connectivity index (χ0v) is 12.0. The minimum absolute atomic E-state index is 0.516. The summed E-state index contributed by atoms with van der Waals surface area (Å²) in [6.07, 6.45) is 6.27. The Morgan fingerprint density at radius 3 is 1.39 bits per heavy atom. The second-order valence-corrected chi connectivity index (χ2v) is 6.29. The molecule has 2 heterocycles. The largest absolute Gasteiger partial charge is 0.264 e. The number of nitrogens with zero attached hydrogens (tertiary/aromatic N) is 2. The van der Waals surface area contributed by atoms with E-state index in [2.05, 4.69) is 9.97 Å². The summed E-state index contributed by atoms with van der Waals surface area (Å²) >= 11 is 25.3. The number of aromatic nitrogens is 2. The third kappa shape index (κ3) is 2.43. The molecule has 0 amide bonds. The van der Waals surface area contributed by atoms with Gasteiger partial charge < -0.3 is 0 Å². The molecule has 0 radical (unpaired) electrons. The van der Waals surface area contributed by atoms with Crippen molar-refractivity contribution in [3.8, 4) is 0 Å². The molecular weight excluding hydrogens is 314 g/mol. The van der Waals surface area contributed by atoms with Crippen LogP contribution in [0.2, 0.25) is 0 Å². The molecule has 18 heavy (non-hydrogen) atoms. The fourth-order valence-electron chi connectivity index (χ4n) is 1.46. The molecule has 0 spiro atoms. The van der Waals surface area contributed by atoms with Gasteiger partial charge in [0.15, 0.2) is 8.67 Å². The van der Waals surface area contributed by atoms with Crippen molar-refractivity contribution in [1.82, 2.24) is 9.97 Å². The van der Waals surface area contributed by atoms with Gasteiger partial charge in [-0.3, -0.25) is 9.97 Å². The minimum Gasteiger partial charge on any atom is -0.264 e. The molecule has 0 aromatic carbocycles. The summed E-state index contributed by atoms with van der Waals surface area (Å²) in [5.41, 5.74) is 1.03. The molecule has 6 heteroatoms. The van der Waals surface area contributed by atoms with Crippen LogP contribution in [0.3, 0.4) is 0 Å². The van der Waals surface area contributed by atoms with Crippen LogP contribution in [0.1, 0.15) is 11.1 Å². The van der Waals surface area contributed by atoms with Crippen molar-refractivity contribution in [3.05, 3.63) is 60.2 Å². The summed E-state index contributed by atoms with van der Waals surface area (Å²) in [4.78, 5) is 7.91. The first kappa shape index (κ1) is 13.9. The van der Waals surface area contributed by atoms with Gasteiger partial charge in [0.2, 0.25) is 0 Å². The highest BCUT2D eigenvalue weighted by atomic mass is 35.5. The number of rotatable bonds is 3. The Kier molecular flexibility index (Phi) is 4.02. The van der Waals surface area contributed by atoms with Crippen molar-refractivity contribution in [2.75, 3.05) is 0 Å². The number of hydrogen-bond donors (Lipinski definition) is 0. The Labute approximate surface area is 125 Å². The molecule has 0 atom stereocenters. The SMILES string of the molecule is ClC(Cl)(c1cccnc1)C(Cl)(Cl)c1cccnc1. The molecule has 0 bridgehead atoms. The van der Waals surface area contributed by atoms with Crippen LogP contribution in [-0.2, 0) is 8.67 Å². The van der Waals surface area contributed by atoms with Crippen molar-refractivity contribution in [3.63, 3.8) is 0 Å². The number of hydrogen-bond acceptors (Lipinski definition) is 2. The molecular formula is C12H8Cl4N2. The third-order valence-electron chi connectivity index (χ3n) is 2.44. The van der Waals surface area contributed by atoms with E-state index in [1.807, 2.05) is 0 Å². The maximum atomic E-state index is 6.32. The molecule has 2 aromatic heterocycles. The lowest BCUT2D eigenvalue weighted by atomic mass is 10.1. The predicted molar refractivity (Wildman–Crippen MR) is 75.2 cm³/mol. The third-order valence-corrected chi connectivity index (χ3v) is 4.84. The highest BCUT2D eigenvalue weighted by Gasteiger charge is 2.50. The van der Waals surface area contributed by atoms with E-state index >= 15 is 0 Å². The summed E-state index contributed by atoms with van der Waals surface area (Å²) in [7, 11) is 0. The zero-order chi connectivity index (χ0) is 13.2. The quantitative estimate of drug-likeness (QED) is 0.781. The van der Waals surface area contributed by atoms with Gasteiger partial charge in [0.1, 0.15) is 0 Å². The Morgan fingerprint density at radius 1 is 0.722 bits per heavy atom. The molecule has 2 aromatic rings. The van der Waals surface area contributed by atoms with Gasteiger partial charge in [0, 0.05) is 35.9 Å². The molecule has 2 rings (SSSR count). The lowest BCUT2D eigenvalue weighted by molar-refractivity contribution is 0.725. The first-order valence-corrected chi connectivity index (χ1v) is 6.54.